The Bertz CT molecular complexity index is 793. The van der Waals surface area contributed by atoms with Gasteiger partial charge in [-0.15, -0.1) is 11.6 Å². The van der Waals surface area contributed by atoms with Gasteiger partial charge in [0.05, 0.1) is 11.8 Å². The van der Waals surface area contributed by atoms with Gasteiger partial charge in [0.25, 0.3) is 0 Å². The molecule has 1 rings (SSSR count). The van der Waals surface area contributed by atoms with Gasteiger partial charge in [-0.1, -0.05) is 24.6 Å². The predicted molar refractivity (Wildman–Crippen MR) is 112 cm³/mol. The van der Waals surface area contributed by atoms with Crippen molar-refractivity contribution >= 4 is 50.7 Å². The number of alkyl halides is 1. The number of ether oxygens (including phenoxy) is 1. The largest absolute Gasteiger partial charge is 0.444 e. The summed E-state index contributed by atoms with van der Waals surface area (Å²) in [4.78, 5) is 25.8. The fourth-order valence-corrected chi connectivity index (χ4v) is 3.69. The van der Waals surface area contributed by atoms with E-state index in [-0.39, 0.29) is 23.9 Å². The number of nitrogens with one attached hydrogen (secondary N) is 1. The maximum absolute atomic E-state index is 12.4. The molecule has 0 unspecified atom stereocenters. The highest BCUT2D eigenvalue weighted by atomic mass is 35.5. The van der Waals surface area contributed by atoms with Crippen molar-refractivity contribution in [3.05, 3.63) is 29.3 Å². The monoisotopic (exact) mass is 452 g/mol. The summed E-state index contributed by atoms with van der Waals surface area (Å²) < 4.78 is 29.5. The van der Waals surface area contributed by atoms with Crippen molar-refractivity contribution < 1.29 is 22.7 Å². The average molecular weight is 453 g/mol. The predicted octanol–water partition coefficient (Wildman–Crippen LogP) is 3.24. The van der Waals surface area contributed by atoms with Gasteiger partial charge in [0.15, 0.2) is 9.84 Å². The lowest BCUT2D eigenvalue weighted by Crippen LogP contribution is -2.50. The number of amides is 2. The van der Waals surface area contributed by atoms with Gasteiger partial charge in [0.2, 0.25) is 5.91 Å². The highest BCUT2D eigenvalue weighted by Gasteiger charge is 2.27. The first-order valence-corrected chi connectivity index (χ1v) is 11.4. The van der Waals surface area contributed by atoms with Gasteiger partial charge >= 0.3 is 6.09 Å². The second kappa shape index (κ2) is 10.3. The van der Waals surface area contributed by atoms with Crippen LogP contribution >= 0.6 is 23.2 Å². The molecule has 2 amide bonds. The molecular weight excluding hydrogens is 427 g/mol. The summed E-state index contributed by atoms with van der Waals surface area (Å²) in [6.45, 7) is 6.49. The van der Waals surface area contributed by atoms with Crippen molar-refractivity contribution in [2.24, 2.45) is 0 Å². The summed E-state index contributed by atoms with van der Waals surface area (Å²) in [6.07, 6.45) is -0.770. The maximum atomic E-state index is 12.4. The van der Waals surface area contributed by atoms with Crippen molar-refractivity contribution in [3.63, 3.8) is 0 Å². The fraction of sp³-hybridized carbons (Fsp3) is 0.556. The van der Waals surface area contributed by atoms with E-state index in [4.69, 9.17) is 27.9 Å². The first kappa shape index (κ1) is 24.5. The molecule has 0 spiro atoms. The summed E-state index contributed by atoms with van der Waals surface area (Å²) in [5.41, 5.74) is -0.306. The van der Waals surface area contributed by atoms with Gasteiger partial charge in [-0.3, -0.25) is 4.79 Å². The number of sulfone groups is 1. The van der Waals surface area contributed by atoms with E-state index in [0.29, 0.717) is 10.7 Å². The summed E-state index contributed by atoms with van der Waals surface area (Å²) in [6, 6.07) is 5.61. The van der Waals surface area contributed by atoms with Gasteiger partial charge in [-0.2, -0.15) is 0 Å². The number of carbonyl (C=O) groups is 2. The Morgan fingerprint density at radius 2 is 1.93 bits per heavy atom. The smallest absolute Gasteiger partial charge is 0.407 e. The van der Waals surface area contributed by atoms with Crippen LogP contribution in [0.4, 0.5) is 10.5 Å². The number of rotatable bonds is 8. The first-order valence-electron chi connectivity index (χ1n) is 8.68. The normalized spacial score (nSPS) is 12.9. The van der Waals surface area contributed by atoms with Crippen molar-refractivity contribution in [1.29, 1.82) is 0 Å². The Morgan fingerprint density at radius 3 is 2.43 bits per heavy atom. The molecule has 1 N–H and O–H groups in total. The number of anilines is 1. The molecule has 0 aliphatic heterocycles. The molecule has 0 saturated carbocycles. The molecule has 1 aromatic carbocycles. The van der Waals surface area contributed by atoms with Gasteiger partial charge in [-0.25, -0.2) is 13.2 Å². The zero-order valence-corrected chi connectivity index (χ0v) is 18.7. The zero-order chi connectivity index (χ0) is 21.5. The molecule has 0 aromatic heterocycles. The fourth-order valence-electron chi connectivity index (χ4n) is 2.33. The van der Waals surface area contributed by atoms with Crippen molar-refractivity contribution in [2.45, 2.75) is 39.3 Å². The number of hydrogen-bond acceptors (Lipinski definition) is 5. The molecule has 0 saturated heterocycles. The van der Waals surface area contributed by atoms with Gasteiger partial charge in [-0.05, 0) is 39.0 Å². The van der Waals surface area contributed by atoms with Gasteiger partial charge in [0, 0.05) is 23.0 Å². The molecule has 0 aliphatic carbocycles. The minimum absolute atomic E-state index is 0.0971. The third-order valence-electron chi connectivity index (χ3n) is 3.55. The van der Waals surface area contributed by atoms with E-state index in [9.17, 15) is 18.0 Å². The number of hydrogen-bond donors (Lipinski definition) is 1. The lowest BCUT2D eigenvalue weighted by atomic mass is 10.2. The molecule has 0 aliphatic rings. The Kier molecular flexibility index (Phi) is 9.04. The van der Waals surface area contributed by atoms with E-state index in [0.717, 1.165) is 0 Å². The highest BCUT2D eigenvalue weighted by molar-refractivity contribution is 7.91. The van der Waals surface area contributed by atoms with E-state index in [1.807, 2.05) is 0 Å². The lowest BCUT2D eigenvalue weighted by molar-refractivity contribution is -0.116. The third-order valence-corrected chi connectivity index (χ3v) is 5.81. The SMILES string of the molecule is CCS(=O)(=O)C[C@@H](CN(C(=O)CCl)c1cccc(Cl)c1)NC(=O)OC(C)(C)C. The third kappa shape index (κ3) is 8.67. The topological polar surface area (TPSA) is 92.8 Å². The summed E-state index contributed by atoms with van der Waals surface area (Å²) in [5, 5.41) is 2.95. The summed E-state index contributed by atoms with van der Waals surface area (Å²) in [5.74, 6) is -1.21. The van der Waals surface area contributed by atoms with E-state index in [1.54, 1.807) is 45.0 Å². The van der Waals surface area contributed by atoms with E-state index < -0.39 is 33.5 Å². The summed E-state index contributed by atoms with van der Waals surface area (Å²) in [7, 11) is -3.44. The minimum atomic E-state index is -3.44. The average Bonchev–Trinajstić information content (AvgIpc) is 2.56. The molecule has 28 heavy (non-hydrogen) atoms. The van der Waals surface area contributed by atoms with E-state index >= 15 is 0 Å². The molecule has 158 valence electrons. The first-order chi connectivity index (χ1) is 12.9. The minimum Gasteiger partial charge on any atom is -0.444 e. The molecule has 1 aromatic rings. The molecule has 0 heterocycles. The van der Waals surface area contributed by atoms with Crippen molar-refractivity contribution in [2.75, 3.05) is 28.8 Å². The van der Waals surface area contributed by atoms with E-state index in [2.05, 4.69) is 5.32 Å². The van der Waals surface area contributed by atoms with Crippen LogP contribution in [0.3, 0.4) is 0 Å². The lowest BCUT2D eigenvalue weighted by Gasteiger charge is -2.29. The quantitative estimate of drug-likeness (QED) is 0.610. The zero-order valence-electron chi connectivity index (χ0n) is 16.4. The molecule has 0 bridgehead atoms. The van der Waals surface area contributed by atoms with E-state index in [1.165, 1.54) is 11.8 Å². The van der Waals surface area contributed by atoms with Crippen LogP contribution in [-0.2, 0) is 19.4 Å². The number of nitrogens with zero attached hydrogens (tertiary/aromatic N) is 1. The van der Waals surface area contributed by atoms with Crippen molar-refractivity contribution in [1.82, 2.24) is 5.32 Å². The van der Waals surface area contributed by atoms with Crippen LogP contribution in [0.1, 0.15) is 27.7 Å². The van der Waals surface area contributed by atoms with Crippen LogP contribution in [0, 0.1) is 0 Å². The Morgan fingerprint density at radius 1 is 1.29 bits per heavy atom. The van der Waals surface area contributed by atoms with Crippen LogP contribution in [0.15, 0.2) is 24.3 Å². The molecule has 0 radical (unpaired) electrons. The van der Waals surface area contributed by atoms with Crippen LogP contribution < -0.4 is 10.2 Å². The molecule has 1 atom stereocenters. The van der Waals surface area contributed by atoms with Crippen molar-refractivity contribution in [3.8, 4) is 0 Å². The number of halogens is 2. The summed E-state index contributed by atoms with van der Waals surface area (Å²) >= 11 is 11.7. The maximum Gasteiger partial charge on any atom is 0.407 e. The molecular formula is C18H26Cl2N2O5S. The molecule has 0 fully saturated rings. The van der Waals surface area contributed by atoms with Crippen LogP contribution in [-0.4, -0.2) is 56.0 Å². The Labute approximate surface area is 176 Å². The number of alkyl carbamates (subject to hydrolysis) is 1. The van der Waals surface area contributed by atoms with Crippen LogP contribution in [0.25, 0.3) is 0 Å². The Balaban J connectivity index is 3.14. The van der Waals surface area contributed by atoms with Gasteiger partial charge < -0.3 is 15.0 Å². The second-order valence-corrected chi connectivity index (χ2v) is 10.3. The Hall–Kier alpha value is -1.51. The van der Waals surface area contributed by atoms with Gasteiger partial charge in [0.1, 0.15) is 11.5 Å². The second-order valence-electron chi connectivity index (χ2n) is 7.16. The number of carbonyl (C=O) groups excluding carboxylic acids is 2. The molecule has 7 nitrogen and oxygen atoms in total. The highest BCUT2D eigenvalue weighted by Crippen LogP contribution is 2.21. The number of benzene rings is 1. The van der Waals surface area contributed by atoms with Crippen LogP contribution in [0.2, 0.25) is 5.02 Å². The van der Waals surface area contributed by atoms with Crippen LogP contribution in [0.5, 0.6) is 0 Å². The standard InChI is InChI=1S/C18H26Cl2N2O5S/c1-5-28(25,26)12-14(21-17(24)27-18(2,3)4)11-22(16(23)10-19)15-8-6-7-13(20)9-15/h6-9,14H,5,10-12H2,1-4H3,(H,21,24)/t14-/m1/s1. The molecule has 10 heteroatoms.